The monoisotopic (exact) mass is 415 g/mol. The molecule has 3 rings (SSSR count). The van der Waals surface area contributed by atoms with E-state index in [-0.39, 0.29) is 28.6 Å². The number of hydrogen-bond acceptors (Lipinski definition) is 7. The Morgan fingerprint density at radius 1 is 1.07 bits per heavy atom. The van der Waals surface area contributed by atoms with E-state index in [2.05, 4.69) is 14.3 Å². The number of aliphatic hydroxyl groups excluding tert-OH is 1. The number of aliphatic hydroxyl groups is 1. The van der Waals surface area contributed by atoms with Crippen molar-refractivity contribution in [2.24, 2.45) is 0 Å². The first-order chi connectivity index (χ1) is 13.2. The second-order valence-corrected chi connectivity index (χ2v) is 6.34. The third-order valence-electron chi connectivity index (χ3n) is 3.47. The van der Waals surface area contributed by atoms with Crippen LogP contribution in [0.1, 0.15) is 11.4 Å². The molecule has 1 heterocycles. The van der Waals surface area contributed by atoms with Crippen LogP contribution in [-0.4, -0.2) is 28.3 Å². The van der Waals surface area contributed by atoms with Crippen LogP contribution in [0.15, 0.2) is 42.7 Å². The van der Waals surface area contributed by atoms with Crippen LogP contribution in [0, 0.1) is 11.6 Å². The minimum atomic E-state index is -5.15. The highest BCUT2D eigenvalue weighted by atomic mass is 32.3. The normalized spacial score (nSPS) is 11.4. The molecule has 0 fully saturated rings. The first-order valence-corrected chi connectivity index (χ1v) is 8.92. The van der Waals surface area contributed by atoms with Gasteiger partial charge in [-0.2, -0.15) is 8.42 Å². The predicted molar refractivity (Wildman–Crippen MR) is 88.6 cm³/mol. The zero-order valence-electron chi connectivity index (χ0n) is 13.9. The third-order valence-corrected chi connectivity index (χ3v) is 3.87. The number of rotatable bonds is 7. The molecular weight excluding hydrogens is 403 g/mol. The molecule has 28 heavy (non-hydrogen) atoms. The Kier molecular flexibility index (Phi) is 5.51. The van der Waals surface area contributed by atoms with Crippen molar-refractivity contribution in [1.29, 1.82) is 0 Å². The van der Waals surface area contributed by atoms with Crippen LogP contribution >= 0.6 is 0 Å². The average molecular weight is 415 g/mol. The van der Waals surface area contributed by atoms with Crippen molar-refractivity contribution in [3.05, 3.63) is 65.7 Å². The summed E-state index contributed by atoms with van der Waals surface area (Å²) in [5.41, 5.74) is -0.280. The van der Waals surface area contributed by atoms with Crippen LogP contribution in [-0.2, 0) is 23.7 Å². The minimum absolute atomic E-state index is 0.0693. The molecule has 0 unspecified atom stereocenters. The highest BCUT2D eigenvalue weighted by Gasteiger charge is 2.15. The highest BCUT2D eigenvalue weighted by molar-refractivity contribution is 7.81. The van der Waals surface area contributed by atoms with Crippen molar-refractivity contribution in [2.45, 2.75) is 13.2 Å². The Morgan fingerprint density at radius 3 is 2.21 bits per heavy atom. The van der Waals surface area contributed by atoms with Gasteiger partial charge in [0.25, 0.3) is 0 Å². The molecule has 8 nitrogen and oxygen atoms in total. The van der Waals surface area contributed by atoms with E-state index in [4.69, 9.17) is 9.84 Å². The van der Waals surface area contributed by atoms with Gasteiger partial charge in [0.05, 0.1) is 11.3 Å². The maximum atomic E-state index is 14.3. The van der Waals surface area contributed by atoms with E-state index in [1.54, 1.807) is 0 Å². The molecule has 0 amide bonds. The van der Waals surface area contributed by atoms with Gasteiger partial charge in [0, 0.05) is 12.1 Å². The van der Waals surface area contributed by atoms with E-state index < -0.39 is 35.4 Å². The lowest BCUT2D eigenvalue weighted by atomic mass is 10.2. The van der Waals surface area contributed by atoms with Gasteiger partial charge in [-0.05, 0) is 24.3 Å². The molecule has 2 aromatic carbocycles. The second kappa shape index (κ2) is 7.86. The largest absolute Gasteiger partial charge is 0.489 e. The summed E-state index contributed by atoms with van der Waals surface area (Å²) >= 11 is 0. The fraction of sp³-hybridized carbons (Fsp3) is 0.125. The van der Waals surface area contributed by atoms with Crippen molar-refractivity contribution in [2.75, 3.05) is 0 Å². The van der Waals surface area contributed by atoms with Crippen molar-refractivity contribution in [3.63, 3.8) is 0 Å². The summed E-state index contributed by atoms with van der Waals surface area (Å²) in [6, 6.07) is 6.78. The van der Waals surface area contributed by atoms with Crippen LogP contribution in [0.4, 0.5) is 12.7 Å². The summed E-state index contributed by atoms with van der Waals surface area (Å²) in [7, 11) is -5.15. The van der Waals surface area contributed by atoms with Gasteiger partial charge in [-0.15, -0.1) is 5.10 Å². The number of aromatic nitrogens is 3. The first kappa shape index (κ1) is 19.6. The van der Waals surface area contributed by atoms with Crippen molar-refractivity contribution in [1.82, 2.24) is 14.8 Å². The summed E-state index contributed by atoms with van der Waals surface area (Å²) < 4.78 is 72.2. The molecule has 0 saturated heterocycles. The van der Waals surface area contributed by atoms with E-state index in [9.17, 15) is 21.1 Å². The molecule has 0 aliphatic carbocycles. The molecule has 0 atom stereocenters. The summed E-state index contributed by atoms with van der Waals surface area (Å²) in [5, 5.41) is 12.8. The van der Waals surface area contributed by atoms with Gasteiger partial charge < -0.3 is 14.0 Å². The fourth-order valence-electron chi connectivity index (χ4n) is 2.22. The number of nitrogens with zero attached hydrogens (tertiary/aromatic N) is 3. The highest BCUT2D eigenvalue weighted by Crippen LogP contribution is 2.23. The molecular formula is C16H12F3N3O5S. The van der Waals surface area contributed by atoms with Crippen molar-refractivity contribution < 1.29 is 35.1 Å². The predicted octanol–water partition coefficient (Wildman–Crippen LogP) is 2.21. The van der Waals surface area contributed by atoms with Gasteiger partial charge >= 0.3 is 10.5 Å². The summed E-state index contributed by atoms with van der Waals surface area (Å²) in [6.07, 6.45) is 1.21. The Hall–Kier alpha value is -3.12. The zero-order valence-corrected chi connectivity index (χ0v) is 14.7. The van der Waals surface area contributed by atoms with Crippen LogP contribution < -0.4 is 8.92 Å². The molecule has 1 N–H and O–H groups in total. The zero-order chi connectivity index (χ0) is 20.3. The van der Waals surface area contributed by atoms with Gasteiger partial charge in [0.15, 0.2) is 5.82 Å². The van der Waals surface area contributed by atoms with Gasteiger partial charge in [-0.25, -0.2) is 18.4 Å². The number of hydrogen-bond donors (Lipinski definition) is 1. The molecule has 3 aromatic rings. The SMILES string of the molecule is O=S(=O)(F)Oc1ccc(OCc2c(F)cc(-n3cnc(CO)n3)cc2F)cc1. The molecule has 148 valence electrons. The Balaban J connectivity index is 1.72. The average Bonchev–Trinajstić information content (AvgIpc) is 3.10. The lowest BCUT2D eigenvalue weighted by Crippen LogP contribution is -2.05. The molecule has 0 radical (unpaired) electrons. The topological polar surface area (TPSA) is 104 Å². The van der Waals surface area contributed by atoms with E-state index in [1.165, 1.54) is 18.5 Å². The molecule has 0 bridgehead atoms. The third kappa shape index (κ3) is 4.78. The first-order valence-electron chi connectivity index (χ1n) is 7.62. The summed E-state index contributed by atoms with van der Waals surface area (Å²) in [5.74, 6) is -1.82. The number of benzene rings is 2. The van der Waals surface area contributed by atoms with Crippen LogP contribution in [0.25, 0.3) is 5.69 Å². The fourth-order valence-corrected chi connectivity index (χ4v) is 2.56. The van der Waals surface area contributed by atoms with Gasteiger partial charge in [0.1, 0.15) is 42.7 Å². The molecule has 0 saturated carbocycles. The molecule has 1 aromatic heterocycles. The van der Waals surface area contributed by atoms with Crippen LogP contribution in [0.2, 0.25) is 0 Å². The van der Waals surface area contributed by atoms with Gasteiger partial charge in [-0.1, -0.05) is 3.89 Å². The quantitative estimate of drug-likeness (QED) is 0.590. The lowest BCUT2D eigenvalue weighted by Gasteiger charge is -2.10. The Bertz CT molecular complexity index is 1060. The van der Waals surface area contributed by atoms with E-state index in [0.29, 0.717) is 0 Å². The van der Waals surface area contributed by atoms with Crippen LogP contribution in [0.3, 0.4) is 0 Å². The molecule has 0 aliphatic heterocycles. The standard InChI is InChI=1S/C16H12F3N3O5S/c17-14-5-10(22-9-20-16(7-23)21-22)6-15(18)13(14)8-26-11-1-3-12(4-2-11)27-28(19,24)25/h1-6,9,23H,7-8H2. The van der Waals surface area contributed by atoms with Crippen LogP contribution in [0.5, 0.6) is 11.5 Å². The molecule has 0 spiro atoms. The second-order valence-electron chi connectivity index (χ2n) is 5.39. The number of halogens is 3. The van der Waals surface area contributed by atoms with E-state index >= 15 is 0 Å². The minimum Gasteiger partial charge on any atom is -0.489 e. The van der Waals surface area contributed by atoms with Crippen molar-refractivity contribution in [3.8, 4) is 17.2 Å². The smallest absolute Gasteiger partial charge is 0.488 e. The van der Waals surface area contributed by atoms with Crippen molar-refractivity contribution >= 4 is 10.5 Å². The maximum Gasteiger partial charge on any atom is 0.488 e. The Morgan fingerprint density at radius 2 is 1.68 bits per heavy atom. The molecule has 12 heteroatoms. The molecule has 0 aliphatic rings. The summed E-state index contributed by atoms with van der Waals surface area (Å²) in [4.78, 5) is 3.76. The van der Waals surface area contributed by atoms with E-state index in [1.807, 2.05) is 0 Å². The summed E-state index contributed by atoms with van der Waals surface area (Å²) in [6.45, 7) is -0.871. The van der Waals surface area contributed by atoms with Gasteiger partial charge in [0.2, 0.25) is 0 Å². The maximum absolute atomic E-state index is 14.3. The number of ether oxygens (including phenoxy) is 1. The van der Waals surface area contributed by atoms with E-state index in [0.717, 1.165) is 28.9 Å². The van der Waals surface area contributed by atoms with Gasteiger partial charge in [-0.3, -0.25) is 0 Å². The Labute approximate surface area is 157 Å². The lowest BCUT2D eigenvalue weighted by molar-refractivity contribution is 0.271.